The van der Waals surface area contributed by atoms with E-state index in [1.54, 1.807) is 26.8 Å². The number of carbonyl (C=O) groups is 2. The number of halogens is 3. The molecule has 0 radical (unpaired) electrons. The van der Waals surface area contributed by atoms with Gasteiger partial charge in [-0.05, 0) is 45.0 Å². The first-order chi connectivity index (χ1) is 14.1. The second-order valence-electron chi connectivity index (χ2n) is 5.77. The Bertz CT molecular complexity index is 900. The number of carbonyl (C=O) groups excluding carboxylic acids is 2. The molecule has 1 aromatic heterocycles. The molecule has 30 heavy (non-hydrogen) atoms. The first-order valence-electron chi connectivity index (χ1n) is 8.88. The van der Waals surface area contributed by atoms with E-state index < -0.39 is 18.3 Å². The van der Waals surface area contributed by atoms with Crippen LogP contribution >= 0.6 is 0 Å². The molecular weight excluding hydrogens is 407 g/mol. The normalized spacial score (nSPS) is 10.9. The predicted molar refractivity (Wildman–Crippen MR) is 100.0 cm³/mol. The van der Waals surface area contributed by atoms with Gasteiger partial charge < -0.3 is 19.5 Å². The van der Waals surface area contributed by atoms with Gasteiger partial charge in [-0.1, -0.05) is 0 Å². The topological polar surface area (TPSA) is 91.7 Å². The van der Waals surface area contributed by atoms with E-state index >= 15 is 0 Å². The number of ether oxygens (including phenoxy) is 3. The molecule has 11 heteroatoms. The SMILES string of the molecule is CCOC(=O)C(=CNc1cc(C)nn1-c1ccc(OC(F)(F)F)cc1)C(=O)OCC. The largest absolute Gasteiger partial charge is 0.573 e. The van der Waals surface area contributed by atoms with Crippen molar-refractivity contribution >= 4 is 17.8 Å². The number of benzene rings is 1. The molecule has 0 amide bonds. The zero-order valence-electron chi connectivity index (χ0n) is 16.4. The third kappa shape index (κ3) is 6.26. The van der Waals surface area contributed by atoms with Crippen molar-refractivity contribution < 1.29 is 37.0 Å². The molecule has 0 spiro atoms. The zero-order valence-corrected chi connectivity index (χ0v) is 16.4. The molecule has 0 saturated carbocycles. The number of hydrogen-bond acceptors (Lipinski definition) is 7. The summed E-state index contributed by atoms with van der Waals surface area (Å²) in [6, 6.07) is 6.65. The molecule has 162 valence electrons. The number of rotatable bonds is 8. The first kappa shape index (κ1) is 22.8. The number of hydrogen-bond donors (Lipinski definition) is 1. The lowest BCUT2D eigenvalue weighted by Crippen LogP contribution is -2.19. The molecule has 0 unspecified atom stereocenters. The van der Waals surface area contributed by atoms with Gasteiger partial charge in [0.05, 0.1) is 24.6 Å². The summed E-state index contributed by atoms with van der Waals surface area (Å²) < 4.78 is 51.9. The third-order valence-corrected chi connectivity index (χ3v) is 3.50. The molecule has 0 bridgehead atoms. The number of aromatic nitrogens is 2. The number of esters is 2. The fourth-order valence-electron chi connectivity index (χ4n) is 2.35. The van der Waals surface area contributed by atoms with Crippen LogP contribution in [0.15, 0.2) is 42.1 Å². The zero-order chi connectivity index (χ0) is 22.3. The van der Waals surface area contributed by atoms with Crippen molar-refractivity contribution in [1.82, 2.24) is 9.78 Å². The van der Waals surface area contributed by atoms with Crippen LogP contribution in [0.2, 0.25) is 0 Å². The van der Waals surface area contributed by atoms with Crippen molar-refractivity contribution in [2.45, 2.75) is 27.1 Å². The van der Waals surface area contributed by atoms with Crippen LogP contribution in [0.5, 0.6) is 5.75 Å². The van der Waals surface area contributed by atoms with Crippen LogP contribution in [-0.4, -0.2) is 41.3 Å². The van der Waals surface area contributed by atoms with Gasteiger partial charge in [-0.2, -0.15) is 5.10 Å². The predicted octanol–water partition coefficient (Wildman–Crippen LogP) is 3.50. The fraction of sp³-hybridized carbons (Fsp3) is 0.316. The van der Waals surface area contributed by atoms with Gasteiger partial charge >= 0.3 is 18.3 Å². The molecule has 0 saturated heterocycles. The monoisotopic (exact) mass is 427 g/mol. The fourth-order valence-corrected chi connectivity index (χ4v) is 2.35. The van der Waals surface area contributed by atoms with Crippen LogP contribution in [0.1, 0.15) is 19.5 Å². The van der Waals surface area contributed by atoms with E-state index in [0.29, 0.717) is 17.2 Å². The summed E-state index contributed by atoms with van der Waals surface area (Å²) in [6.07, 6.45) is -3.66. The molecule has 0 aliphatic rings. The van der Waals surface area contributed by atoms with E-state index in [2.05, 4.69) is 15.2 Å². The van der Waals surface area contributed by atoms with Gasteiger partial charge in [-0.3, -0.25) is 0 Å². The van der Waals surface area contributed by atoms with Crippen LogP contribution in [0, 0.1) is 6.92 Å². The summed E-state index contributed by atoms with van der Waals surface area (Å²) in [7, 11) is 0. The average Bonchev–Trinajstić information content (AvgIpc) is 3.02. The molecular formula is C19H20F3N3O5. The highest BCUT2D eigenvalue weighted by molar-refractivity contribution is 6.14. The van der Waals surface area contributed by atoms with Crippen molar-refractivity contribution in [3.8, 4) is 11.4 Å². The average molecular weight is 427 g/mol. The Hall–Kier alpha value is -3.50. The van der Waals surface area contributed by atoms with Crippen molar-refractivity contribution in [3.63, 3.8) is 0 Å². The Morgan fingerprint density at radius 3 is 2.17 bits per heavy atom. The minimum atomic E-state index is -4.79. The smallest absolute Gasteiger partial charge is 0.462 e. The number of nitrogens with zero attached hydrogens (tertiary/aromatic N) is 2. The maximum absolute atomic E-state index is 12.3. The Balaban J connectivity index is 2.30. The van der Waals surface area contributed by atoms with Gasteiger partial charge in [0.15, 0.2) is 5.57 Å². The second-order valence-corrected chi connectivity index (χ2v) is 5.77. The number of nitrogens with one attached hydrogen (secondary N) is 1. The Morgan fingerprint density at radius 2 is 1.67 bits per heavy atom. The minimum absolute atomic E-state index is 0.0684. The van der Waals surface area contributed by atoms with Gasteiger partial charge in [0.25, 0.3) is 0 Å². The molecule has 0 atom stereocenters. The van der Waals surface area contributed by atoms with Crippen molar-refractivity contribution in [2.75, 3.05) is 18.5 Å². The summed E-state index contributed by atoms with van der Waals surface area (Å²) in [4.78, 5) is 24.1. The molecule has 0 aliphatic heterocycles. The third-order valence-electron chi connectivity index (χ3n) is 3.50. The highest BCUT2D eigenvalue weighted by Gasteiger charge is 2.31. The van der Waals surface area contributed by atoms with E-state index in [-0.39, 0.29) is 24.5 Å². The molecule has 8 nitrogen and oxygen atoms in total. The first-order valence-corrected chi connectivity index (χ1v) is 8.88. The van der Waals surface area contributed by atoms with E-state index in [9.17, 15) is 22.8 Å². The maximum atomic E-state index is 12.3. The Kier molecular flexibility index (Phi) is 7.45. The van der Waals surface area contributed by atoms with Crippen molar-refractivity contribution in [1.29, 1.82) is 0 Å². The van der Waals surface area contributed by atoms with Gasteiger partial charge in [0.2, 0.25) is 0 Å². The summed E-state index contributed by atoms with van der Waals surface area (Å²) in [5, 5.41) is 7.04. The lowest BCUT2D eigenvalue weighted by molar-refractivity contribution is -0.274. The van der Waals surface area contributed by atoms with E-state index in [0.717, 1.165) is 18.3 Å². The quantitative estimate of drug-likeness (QED) is 0.298. The van der Waals surface area contributed by atoms with Gasteiger partial charge in [0.1, 0.15) is 11.6 Å². The lowest BCUT2D eigenvalue weighted by atomic mass is 10.3. The second kappa shape index (κ2) is 9.81. The van der Waals surface area contributed by atoms with Crippen LogP contribution in [0.4, 0.5) is 19.0 Å². The van der Waals surface area contributed by atoms with Gasteiger partial charge in [-0.25, -0.2) is 14.3 Å². The number of anilines is 1. The summed E-state index contributed by atoms with van der Waals surface area (Å²) in [5.74, 6) is -1.75. The lowest BCUT2D eigenvalue weighted by Gasteiger charge is -2.11. The highest BCUT2D eigenvalue weighted by Crippen LogP contribution is 2.25. The number of aryl methyl sites for hydroxylation is 1. The maximum Gasteiger partial charge on any atom is 0.573 e. The molecule has 1 heterocycles. The molecule has 0 aliphatic carbocycles. The molecule has 2 rings (SSSR count). The highest BCUT2D eigenvalue weighted by atomic mass is 19.4. The summed E-state index contributed by atoms with van der Waals surface area (Å²) in [6.45, 7) is 5.03. The van der Waals surface area contributed by atoms with Crippen molar-refractivity contribution in [2.24, 2.45) is 0 Å². The Labute approximate surface area is 170 Å². The summed E-state index contributed by atoms with van der Waals surface area (Å²) in [5.41, 5.74) is 0.649. The molecule has 1 aromatic carbocycles. The number of alkyl halides is 3. The standard InChI is InChI=1S/C19H20F3N3O5/c1-4-28-17(26)15(18(27)29-5-2)11-23-16-10-12(3)24-25(16)13-6-8-14(9-7-13)30-19(20,21)22/h6-11,23H,4-5H2,1-3H3. The summed E-state index contributed by atoms with van der Waals surface area (Å²) >= 11 is 0. The van der Waals surface area contributed by atoms with Crippen molar-refractivity contribution in [3.05, 3.63) is 47.8 Å². The molecule has 2 aromatic rings. The minimum Gasteiger partial charge on any atom is -0.462 e. The molecule has 1 N–H and O–H groups in total. The van der Waals surface area contributed by atoms with E-state index in [1.165, 1.54) is 16.8 Å². The van der Waals surface area contributed by atoms with E-state index in [4.69, 9.17) is 9.47 Å². The van der Waals surface area contributed by atoms with Gasteiger partial charge in [-0.15, -0.1) is 13.2 Å². The molecule has 0 fully saturated rings. The Morgan fingerprint density at radius 1 is 1.10 bits per heavy atom. The van der Waals surface area contributed by atoms with Crippen LogP contribution < -0.4 is 10.1 Å². The van der Waals surface area contributed by atoms with Crippen LogP contribution in [-0.2, 0) is 19.1 Å². The van der Waals surface area contributed by atoms with Crippen LogP contribution in [0.3, 0.4) is 0 Å². The van der Waals surface area contributed by atoms with Gasteiger partial charge in [0, 0.05) is 12.3 Å². The van der Waals surface area contributed by atoms with E-state index in [1.807, 2.05) is 0 Å². The van der Waals surface area contributed by atoms with Crippen LogP contribution in [0.25, 0.3) is 5.69 Å².